The molecule has 8 amide bonds. The molecule has 652 valence electrons. The van der Waals surface area contributed by atoms with E-state index >= 15 is 0 Å². The zero-order chi connectivity index (χ0) is 90.8. The standard InChI is InChI=1S/C30H30N4O3.C28H25N3O3.C24H23N3O3.C22H21N3O3/c1-34(2)19-21-5-3-8-27(17-21)32-30(37)26-7-4-6-25(18-26)28(20-35)33-29(36)24-11-9-22(10-12-24)23-13-15-31-16-14-23;32-19-26(31-28(34)23-11-9-21(10-12-23)22-13-15-29-16-14-22)24-7-4-8-25(17-24)27(33)30-18-20-5-2-1-3-6-20;28-15-22(19-2-1-3-20(14-19)24(30)26-21-8-9-21)27-23(29)18-6-4-16(5-7-18)17-10-12-25-13-11-17;1-23-21(27)19-4-2-3-18(13-19)20(14-26)25-22(28)17-7-5-15(6-8-17)16-9-11-24-12-10-16/h3-18,28,35H,19-20H2,1-2H3,(H,32,37)(H,33,36);1-17,26,32H,18-19H2,(H,30,33)(H,31,34);1-7,10-14,21-22,28H,8-9,15H2,(H,26,30)(H,27,29);2-13,20,26H,14H2,1H3,(H,23,27)(H,25,28)/t28-;26-;22-;20-/m1111/s1. The predicted octanol–water partition coefficient (Wildman–Crippen LogP) is 14.3. The number of benzene rings is 10. The van der Waals surface area contributed by atoms with Crippen LogP contribution in [0, 0.1) is 0 Å². The molecule has 0 spiro atoms. The van der Waals surface area contributed by atoms with Gasteiger partial charge in [-0.15, -0.1) is 0 Å². The number of aromatic nitrogens is 4. The number of carbonyl (C=O) groups is 8. The first kappa shape index (κ1) is 92.5. The minimum atomic E-state index is -0.663. The molecule has 14 aromatic rings. The molecule has 1 aliphatic rings. The molecule has 25 nitrogen and oxygen atoms in total. The fourth-order valence-electron chi connectivity index (χ4n) is 13.8. The van der Waals surface area contributed by atoms with Crippen molar-refractivity contribution in [3.63, 3.8) is 0 Å². The van der Waals surface area contributed by atoms with Crippen LogP contribution in [-0.4, -0.2) is 146 Å². The highest BCUT2D eigenvalue weighted by Crippen LogP contribution is 2.28. The average molecular weight is 1720 g/mol. The van der Waals surface area contributed by atoms with Crippen LogP contribution < -0.4 is 42.5 Å². The van der Waals surface area contributed by atoms with E-state index in [-0.39, 0.29) is 79.7 Å². The minimum Gasteiger partial charge on any atom is -0.394 e. The minimum absolute atomic E-state index is 0.130. The fraction of sp³-hybridized carbons (Fsp3) is 0.154. The van der Waals surface area contributed by atoms with Crippen molar-refractivity contribution in [1.29, 1.82) is 0 Å². The number of aliphatic hydroxyl groups excluding tert-OH is 4. The molecule has 1 fully saturated rings. The van der Waals surface area contributed by atoms with Crippen molar-refractivity contribution in [3.05, 3.63) is 425 Å². The van der Waals surface area contributed by atoms with E-state index in [0.717, 1.165) is 75.0 Å². The number of nitrogens with one attached hydrogen (secondary N) is 8. The van der Waals surface area contributed by atoms with Crippen LogP contribution >= 0.6 is 0 Å². The van der Waals surface area contributed by atoms with Crippen molar-refractivity contribution in [2.24, 2.45) is 0 Å². The lowest BCUT2D eigenvalue weighted by atomic mass is 10.0. The number of rotatable bonds is 30. The van der Waals surface area contributed by atoms with E-state index in [0.29, 0.717) is 79.0 Å². The molecule has 12 N–H and O–H groups in total. The van der Waals surface area contributed by atoms with Crippen LogP contribution in [0.1, 0.15) is 153 Å². The number of carbonyl (C=O) groups excluding carboxylic acids is 8. The summed E-state index contributed by atoms with van der Waals surface area (Å²) >= 11 is 0. The number of nitrogens with zero attached hydrogens (tertiary/aromatic N) is 5. The van der Waals surface area contributed by atoms with E-state index in [1.807, 2.05) is 166 Å². The van der Waals surface area contributed by atoms with Gasteiger partial charge in [-0.2, -0.15) is 0 Å². The molecule has 4 heterocycles. The fourth-order valence-corrected chi connectivity index (χ4v) is 13.8. The average Bonchev–Trinajstić information content (AvgIpc) is 1.62. The second-order valence-electron chi connectivity index (χ2n) is 30.5. The van der Waals surface area contributed by atoms with Crippen molar-refractivity contribution in [3.8, 4) is 44.5 Å². The van der Waals surface area contributed by atoms with Gasteiger partial charge in [0.2, 0.25) is 0 Å². The van der Waals surface area contributed by atoms with Crippen LogP contribution in [-0.2, 0) is 13.1 Å². The summed E-state index contributed by atoms with van der Waals surface area (Å²) in [5.74, 6) is -2.05. The molecule has 1 aliphatic carbocycles. The molecular formula is C104H99N13O12. The van der Waals surface area contributed by atoms with Crippen LogP contribution in [0.4, 0.5) is 5.69 Å². The lowest BCUT2D eigenvalue weighted by molar-refractivity contribution is 0.0908. The summed E-state index contributed by atoms with van der Waals surface area (Å²) in [6.07, 6.45) is 15.8. The number of amides is 8. The molecule has 0 radical (unpaired) electrons. The van der Waals surface area contributed by atoms with Crippen molar-refractivity contribution in [1.82, 2.24) is 62.1 Å². The molecule has 15 rings (SSSR count). The number of aliphatic hydroxyl groups is 4. The van der Waals surface area contributed by atoms with Crippen molar-refractivity contribution >= 4 is 52.9 Å². The molecule has 4 atom stereocenters. The molecule has 0 aliphatic heterocycles. The maximum atomic E-state index is 12.9. The van der Waals surface area contributed by atoms with Gasteiger partial charge in [0.25, 0.3) is 47.3 Å². The highest BCUT2D eigenvalue weighted by molar-refractivity contribution is 6.05. The third-order valence-corrected chi connectivity index (χ3v) is 20.9. The first-order valence-corrected chi connectivity index (χ1v) is 41.8. The van der Waals surface area contributed by atoms with Crippen molar-refractivity contribution in [2.75, 3.05) is 52.9 Å². The van der Waals surface area contributed by atoms with E-state index < -0.39 is 24.2 Å². The van der Waals surface area contributed by atoms with Gasteiger partial charge in [0.1, 0.15) is 0 Å². The Kier molecular flexibility index (Phi) is 33.6. The molecule has 129 heavy (non-hydrogen) atoms. The zero-order valence-electron chi connectivity index (χ0n) is 71.2. The highest BCUT2D eigenvalue weighted by Gasteiger charge is 2.26. The second-order valence-corrected chi connectivity index (χ2v) is 30.5. The second kappa shape index (κ2) is 46.9. The van der Waals surface area contributed by atoms with Gasteiger partial charge in [0.15, 0.2) is 0 Å². The number of hydrogen-bond acceptors (Lipinski definition) is 17. The Morgan fingerprint density at radius 2 is 0.605 bits per heavy atom. The summed E-state index contributed by atoms with van der Waals surface area (Å²) in [5, 5.41) is 62.2. The molecule has 1 saturated carbocycles. The monoisotopic (exact) mass is 1720 g/mol. The van der Waals surface area contributed by atoms with Gasteiger partial charge in [-0.25, -0.2) is 0 Å². The predicted molar refractivity (Wildman–Crippen MR) is 497 cm³/mol. The van der Waals surface area contributed by atoms with Gasteiger partial charge in [-0.3, -0.25) is 58.3 Å². The third-order valence-electron chi connectivity index (χ3n) is 20.9. The van der Waals surface area contributed by atoms with Gasteiger partial charge in [0.05, 0.1) is 50.6 Å². The van der Waals surface area contributed by atoms with E-state index in [1.54, 1.807) is 202 Å². The van der Waals surface area contributed by atoms with E-state index in [1.165, 1.54) is 0 Å². The Balaban J connectivity index is 0.000000157. The Bertz CT molecular complexity index is 6060. The first-order chi connectivity index (χ1) is 62.8. The smallest absolute Gasteiger partial charge is 0.255 e. The third kappa shape index (κ3) is 27.2. The molecule has 0 bridgehead atoms. The topological polar surface area (TPSA) is 369 Å². The molecule has 25 heteroatoms. The number of anilines is 1. The summed E-state index contributed by atoms with van der Waals surface area (Å²) in [4.78, 5) is 119. The summed E-state index contributed by atoms with van der Waals surface area (Å²) in [7, 11) is 5.53. The van der Waals surface area contributed by atoms with Crippen LogP contribution in [0.3, 0.4) is 0 Å². The summed E-state index contributed by atoms with van der Waals surface area (Å²) in [6, 6.07) is 86.9. The maximum absolute atomic E-state index is 12.9. The molecule has 4 aromatic heterocycles. The van der Waals surface area contributed by atoms with Gasteiger partial charge < -0.3 is 67.9 Å². The normalized spacial score (nSPS) is 12.1. The molecular weight excluding hydrogens is 1620 g/mol. The van der Waals surface area contributed by atoms with Gasteiger partial charge >= 0.3 is 0 Å². The Morgan fingerprint density at radius 3 is 0.915 bits per heavy atom. The lowest BCUT2D eigenvalue weighted by Crippen LogP contribution is -2.31. The summed E-state index contributed by atoms with van der Waals surface area (Å²) in [5.41, 5.74) is 17.2. The molecule has 0 saturated heterocycles. The SMILES string of the molecule is CN(C)Cc1cccc(NC(=O)c2cccc([C@@H](CO)NC(=O)c3ccc(-c4ccncc4)cc3)c2)c1.CNC(=O)c1cccc([C@@H](CO)NC(=O)c2ccc(-c3ccncc3)cc2)c1.O=C(NC1CC1)c1cccc([C@@H](CO)NC(=O)c2ccc(-c3ccncc3)cc2)c1.O=C(NCc1ccccc1)c1cccc([C@@H](CO)NC(=O)c2ccc(-c3ccncc3)cc2)c1. The lowest BCUT2D eigenvalue weighted by Gasteiger charge is -2.18. The largest absolute Gasteiger partial charge is 0.394 e. The van der Waals surface area contributed by atoms with Crippen molar-refractivity contribution in [2.45, 2.75) is 56.1 Å². The van der Waals surface area contributed by atoms with Gasteiger partial charge in [-0.1, -0.05) is 140 Å². The van der Waals surface area contributed by atoms with E-state index in [4.69, 9.17) is 0 Å². The molecule has 10 aromatic carbocycles. The van der Waals surface area contributed by atoms with Crippen LogP contribution in [0.5, 0.6) is 0 Å². The van der Waals surface area contributed by atoms with Crippen LogP contribution in [0.25, 0.3) is 44.5 Å². The summed E-state index contributed by atoms with van der Waals surface area (Å²) < 4.78 is 0. The quantitative estimate of drug-likeness (QED) is 0.0199. The van der Waals surface area contributed by atoms with E-state index in [9.17, 15) is 58.8 Å². The van der Waals surface area contributed by atoms with E-state index in [2.05, 4.69) is 67.4 Å². The van der Waals surface area contributed by atoms with Gasteiger partial charge in [-0.05, 0) is 263 Å². The summed E-state index contributed by atoms with van der Waals surface area (Å²) in [6.45, 7) is 0.0318. The van der Waals surface area contributed by atoms with Crippen LogP contribution in [0.2, 0.25) is 0 Å². The van der Waals surface area contributed by atoms with Crippen LogP contribution in [0.15, 0.2) is 347 Å². The zero-order valence-corrected chi connectivity index (χ0v) is 71.2. The highest BCUT2D eigenvalue weighted by atomic mass is 16.3. The number of hydrogen-bond donors (Lipinski definition) is 12. The van der Waals surface area contributed by atoms with Gasteiger partial charge in [0, 0.05) is 126 Å². The Hall–Kier alpha value is -15.6. The Labute approximate surface area is 747 Å². The number of pyridine rings is 4. The Morgan fingerprint density at radius 1 is 0.310 bits per heavy atom. The first-order valence-electron chi connectivity index (χ1n) is 41.8. The molecule has 0 unspecified atom stereocenters. The maximum Gasteiger partial charge on any atom is 0.255 e. The van der Waals surface area contributed by atoms with Crippen molar-refractivity contribution < 1.29 is 58.8 Å².